The lowest BCUT2D eigenvalue weighted by Gasteiger charge is -2.18. The summed E-state index contributed by atoms with van der Waals surface area (Å²) in [6, 6.07) is 15.6. The van der Waals surface area contributed by atoms with Gasteiger partial charge in [0, 0.05) is 5.56 Å². The van der Waals surface area contributed by atoms with E-state index >= 15 is 0 Å². The Morgan fingerprint density at radius 1 is 1.04 bits per heavy atom. The SMILES string of the molecule is CC(C)(C)c1ccc(C=c2sc3nnc(-c4ccccc4Cl)n3c2=O)cc1. The van der Waals surface area contributed by atoms with Crippen molar-refractivity contribution in [1.82, 2.24) is 14.6 Å². The van der Waals surface area contributed by atoms with Crippen molar-refractivity contribution in [3.63, 3.8) is 0 Å². The van der Waals surface area contributed by atoms with Crippen molar-refractivity contribution in [1.29, 1.82) is 0 Å². The van der Waals surface area contributed by atoms with E-state index in [4.69, 9.17) is 11.6 Å². The number of aromatic nitrogens is 3. The first-order valence-electron chi connectivity index (χ1n) is 8.60. The highest BCUT2D eigenvalue weighted by atomic mass is 35.5. The molecule has 0 saturated carbocycles. The summed E-state index contributed by atoms with van der Waals surface area (Å²) in [5, 5.41) is 8.86. The molecule has 0 aliphatic carbocycles. The van der Waals surface area contributed by atoms with Crippen molar-refractivity contribution in [3.05, 3.63) is 79.6 Å². The van der Waals surface area contributed by atoms with Crippen LogP contribution in [0.15, 0.2) is 53.3 Å². The van der Waals surface area contributed by atoms with Crippen LogP contribution in [0, 0.1) is 0 Å². The number of nitrogens with zero attached hydrogens (tertiary/aromatic N) is 3. The molecule has 2 aromatic carbocycles. The van der Waals surface area contributed by atoms with Crippen molar-refractivity contribution in [2.75, 3.05) is 0 Å². The molecule has 6 heteroatoms. The summed E-state index contributed by atoms with van der Waals surface area (Å²) in [5.41, 5.74) is 2.91. The Balaban J connectivity index is 1.83. The maximum Gasteiger partial charge on any atom is 0.276 e. The van der Waals surface area contributed by atoms with Crippen LogP contribution in [0.2, 0.25) is 5.02 Å². The average molecular weight is 396 g/mol. The molecule has 2 aromatic heterocycles. The molecular weight excluding hydrogens is 378 g/mol. The van der Waals surface area contributed by atoms with Gasteiger partial charge >= 0.3 is 0 Å². The van der Waals surface area contributed by atoms with Gasteiger partial charge in [0.25, 0.3) is 5.56 Å². The van der Waals surface area contributed by atoms with E-state index in [1.807, 2.05) is 36.4 Å². The minimum absolute atomic E-state index is 0.0986. The van der Waals surface area contributed by atoms with E-state index in [2.05, 4.69) is 43.1 Å². The van der Waals surface area contributed by atoms with Gasteiger partial charge in [-0.1, -0.05) is 80.1 Å². The quantitative estimate of drug-likeness (QED) is 0.508. The Morgan fingerprint density at radius 3 is 2.41 bits per heavy atom. The molecule has 0 aliphatic rings. The van der Waals surface area contributed by atoms with Gasteiger partial charge in [-0.05, 0) is 34.8 Å². The highest BCUT2D eigenvalue weighted by Crippen LogP contribution is 2.26. The molecule has 4 rings (SSSR count). The van der Waals surface area contributed by atoms with Gasteiger partial charge < -0.3 is 0 Å². The average Bonchev–Trinajstić information content (AvgIpc) is 3.16. The van der Waals surface area contributed by atoms with Crippen molar-refractivity contribution in [2.24, 2.45) is 0 Å². The Hall–Kier alpha value is -2.50. The fourth-order valence-corrected chi connectivity index (χ4v) is 4.04. The second kappa shape index (κ2) is 6.59. The molecule has 0 spiro atoms. The minimum Gasteiger partial charge on any atom is -0.267 e. The van der Waals surface area contributed by atoms with Crippen LogP contribution < -0.4 is 10.1 Å². The van der Waals surface area contributed by atoms with Crippen LogP contribution in [0.5, 0.6) is 0 Å². The first kappa shape index (κ1) is 17.9. The number of halogens is 1. The summed E-state index contributed by atoms with van der Waals surface area (Å²) < 4.78 is 2.15. The maximum absolute atomic E-state index is 12.9. The highest BCUT2D eigenvalue weighted by Gasteiger charge is 2.16. The molecule has 4 aromatic rings. The van der Waals surface area contributed by atoms with Crippen molar-refractivity contribution in [3.8, 4) is 11.4 Å². The molecule has 0 fully saturated rings. The van der Waals surface area contributed by atoms with Gasteiger partial charge in [-0.15, -0.1) is 10.2 Å². The monoisotopic (exact) mass is 395 g/mol. The third kappa shape index (κ3) is 3.29. The van der Waals surface area contributed by atoms with Gasteiger partial charge in [-0.25, -0.2) is 4.40 Å². The van der Waals surface area contributed by atoms with Crippen LogP contribution in [-0.4, -0.2) is 14.6 Å². The molecule has 0 atom stereocenters. The Bertz CT molecular complexity index is 1230. The topological polar surface area (TPSA) is 47.3 Å². The van der Waals surface area contributed by atoms with Crippen molar-refractivity contribution < 1.29 is 0 Å². The number of hydrogen-bond acceptors (Lipinski definition) is 4. The zero-order valence-electron chi connectivity index (χ0n) is 15.2. The normalized spacial score (nSPS) is 12.8. The number of rotatable bonds is 2. The zero-order valence-corrected chi connectivity index (χ0v) is 16.8. The second-order valence-electron chi connectivity index (χ2n) is 7.41. The van der Waals surface area contributed by atoms with Gasteiger partial charge in [-0.3, -0.25) is 4.79 Å². The summed E-state index contributed by atoms with van der Waals surface area (Å²) in [4.78, 5) is 13.5. The molecule has 0 N–H and O–H groups in total. The molecular formula is C21H18ClN3OS. The molecule has 0 unspecified atom stereocenters. The van der Waals surface area contributed by atoms with Gasteiger partial charge in [-0.2, -0.15) is 0 Å². The van der Waals surface area contributed by atoms with Crippen LogP contribution >= 0.6 is 22.9 Å². The number of fused-ring (bicyclic) bond motifs is 1. The van der Waals surface area contributed by atoms with Crippen LogP contribution in [0.1, 0.15) is 31.9 Å². The van der Waals surface area contributed by atoms with Crippen LogP contribution in [0.4, 0.5) is 0 Å². The summed E-state index contributed by atoms with van der Waals surface area (Å²) >= 11 is 7.60. The van der Waals surface area contributed by atoms with Crippen molar-refractivity contribution in [2.45, 2.75) is 26.2 Å². The zero-order chi connectivity index (χ0) is 19.2. The Labute approximate surface area is 165 Å². The first-order valence-corrected chi connectivity index (χ1v) is 9.79. The van der Waals surface area contributed by atoms with E-state index in [0.717, 1.165) is 5.56 Å². The van der Waals surface area contributed by atoms with E-state index in [0.29, 0.717) is 25.9 Å². The summed E-state index contributed by atoms with van der Waals surface area (Å²) in [7, 11) is 0. The smallest absolute Gasteiger partial charge is 0.267 e. The molecule has 2 heterocycles. The van der Waals surface area contributed by atoms with Gasteiger partial charge in [0.15, 0.2) is 5.82 Å². The van der Waals surface area contributed by atoms with Gasteiger partial charge in [0.1, 0.15) is 0 Å². The second-order valence-corrected chi connectivity index (χ2v) is 8.83. The predicted molar refractivity (Wildman–Crippen MR) is 112 cm³/mol. The first-order chi connectivity index (χ1) is 12.8. The lowest BCUT2D eigenvalue weighted by atomic mass is 9.87. The van der Waals surface area contributed by atoms with Crippen LogP contribution in [-0.2, 0) is 5.41 Å². The Morgan fingerprint density at radius 2 is 1.74 bits per heavy atom. The third-order valence-corrected chi connectivity index (χ3v) is 5.73. The number of benzene rings is 2. The summed E-state index contributed by atoms with van der Waals surface area (Å²) in [6.07, 6.45) is 1.89. The number of thiazole rings is 1. The third-order valence-electron chi connectivity index (χ3n) is 4.44. The molecule has 0 aliphatic heterocycles. The molecule has 27 heavy (non-hydrogen) atoms. The molecule has 136 valence electrons. The van der Waals surface area contributed by atoms with Gasteiger partial charge in [0.05, 0.1) is 9.55 Å². The molecule has 4 nitrogen and oxygen atoms in total. The highest BCUT2D eigenvalue weighted by molar-refractivity contribution is 7.15. The van der Waals surface area contributed by atoms with E-state index < -0.39 is 0 Å². The predicted octanol–water partition coefficient (Wildman–Crippen LogP) is 4.32. The summed E-state index contributed by atoms with van der Waals surface area (Å²) in [6.45, 7) is 6.54. The van der Waals surface area contributed by atoms with Crippen molar-refractivity contribution >= 4 is 34.0 Å². The molecule has 0 amide bonds. The van der Waals surface area contributed by atoms with E-state index in [1.54, 1.807) is 6.07 Å². The molecule has 0 radical (unpaired) electrons. The lowest BCUT2D eigenvalue weighted by Crippen LogP contribution is -2.23. The van der Waals surface area contributed by atoms with Crippen LogP contribution in [0.3, 0.4) is 0 Å². The molecule has 0 bridgehead atoms. The fraction of sp³-hybridized carbons (Fsp3) is 0.190. The standard InChI is InChI=1S/C21H18ClN3OS/c1-21(2,3)14-10-8-13(9-11-14)12-17-19(26)25-18(23-24-20(25)27-17)15-6-4-5-7-16(15)22/h4-12H,1-3H3. The van der Waals surface area contributed by atoms with Crippen LogP contribution in [0.25, 0.3) is 22.4 Å². The fourth-order valence-electron chi connectivity index (χ4n) is 2.91. The van der Waals surface area contributed by atoms with E-state index in [9.17, 15) is 4.79 Å². The van der Waals surface area contributed by atoms with Gasteiger partial charge in [0.2, 0.25) is 4.96 Å². The lowest BCUT2D eigenvalue weighted by molar-refractivity contribution is 0.590. The number of hydrogen-bond donors (Lipinski definition) is 0. The minimum atomic E-state index is -0.130. The van der Waals surface area contributed by atoms with E-state index in [1.165, 1.54) is 21.3 Å². The summed E-state index contributed by atoms with van der Waals surface area (Å²) in [5.74, 6) is 0.472. The maximum atomic E-state index is 12.9. The Kier molecular flexibility index (Phi) is 4.36. The largest absolute Gasteiger partial charge is 0.276 e. The van der Waals surface area contributed by atoms with E-state index in [-0.39, 0.29) is 11.0 Å². The molecule has 0 saturated heterocycles.